The maximum Gasteiger partial charge on any atom is 0.331 e. The molecule has 1 aliphatic rings. The zero-order valence-corrected chi connectivity index (χ0v) is 15.9. The first-order valence-corrected chi connectivity index (χ1v) is 10.5. The molecule has 1 atom stereocenters. The quantitative estimate of drug-likeness (QED) is 0.534. The van der Waals surface area contributed by atoms with Gasteiger partial charge in [-0.25, -0.2) is 13.2 Å². The second-order valence-electron chi connectivity index (χ2n) is 6.85. The first kappa shape index (κ1) is 20.2. The lowest BCUT2D eigenvalue weighted by Crippen LogP contribution is -2.45. The Morgan fingerprint density at radius 2 is 1.96 bits per heavy atom. The third-order valence-corrected chi connectivity index (χ3v) is 5.83. The number of carbonyl (C=O) groups excluding carboxylic acids is 2. The summed E-state index contributed by atoms with van der Waals surface area (Å²) in [7, 11) is -3.09. The number of carbonyl (C=O) groups is 2. The van der Waals surface area contributed by atoms with Crippen molar-refractivity contribution in [3.63, 3.8) is 0 Å². The molecule has 0 spiro atoms. The second kappa shape index (κ2) is 8.98. The molecular formula is C19H25NO5S. The lowest BCUT2D eigenvalue weighted by Gasteiger charge is -2.29. The van der Waals surface area contributed by atoms with E-state index in [-0.39, 0.29) is 36.0 Å². The Balaban J connectivity index is 1.92. The smallest absolute Gasteiger partial charge is 0.331 e. The average Bonchev–Trinajstić information content (AvgIpc) is 2.96. The number of rotatable bonds is 7. The average molecular weight is 379 g/mol. The second-order valence-corrected chi connectivity index (χ2v) is 9.08. The maximum atomic E-state index is 12.5. The van der Waals surface area contributed by atoms with Crippen molar-refractivity contribution in [1.29, 1.82) is 0 Å². The first-order valence-electron chi connectivity index (χ1n) is 8.66. The van der Waals surface area contributed by atoms with Crippen LogP contribution in [0.5, 0.6) is 0 Å². The van der Waals surface area contributed by atoms with E-state index in [0.29, 0.717) is 13.0 Å². The van der Waals surface area contributed by atoms with E-state index in [0.717, 1.165) is 5.56 Å². The fourth-order valence-electron chi connectivity index (χ4n) is 2.86. The van der Waals surface area contributed by atoms with Gasteiger partial charge in [0.25, 0.3) is 5.91 Å². The highest BCUT2D eigenvalue weighted by molar-refractivity contribution is 7.91. The van der Waals surface area contributed by atoms with Gasteiger partial charge >= 0.3 is 5.97 Å². The highest BCUT2D eigenvalue weighted by atomic mass is 32.2. The summed E-state index contributed by atoms with van der Waals surface area (Å²) in [6.45, 7) is 3.97. The number of hydrogen-bond acceptors (Lipinski definition) is 5. The number of esters is 1. The SMILES string of the molecule is CC(C)CN(C(=O)COC(=O)/C=C/c1ccccc1)C1CCS(=O)(=O)C1. The molecule has 1 aliphatic heterocycles. The molecule has 1 aromatic carbocycles. The molecule has 0 N–H and O–H groups in total. The van der Waals surface area contributed by atoms with Crippen LogP contribution in [0.15, 0.2) is 36.4 Å². The summed E-state index contributed by atoms with van der Waals surface area (Å²) in [6.07, 6.45) is 3.32. The molecule has 1 aromatic rings. The number of ether oxygens (including phenoxy) is 1. The lowest BCUT2D eigenvalue weighted by molar-refractivity contribution is -0.149. The van der Waals surface area contributed by atoms with Crippen LogP contribution in [0.1, 0.15) is 25.8 Å². The summed E-state index contributed by atoms with van der Waals surface area (Å²) in [5.74, 6) is -0.698. The van der Waals surface area contributed by atoms with E-state index >= 15 is 0 Å². The molecule has 6 nitrogen and oxygen atoms in total. The molecule has 0 radical (unpaired) electrons. The fraction of sp³-hybridized carbons (Fsp3) is 0.474. The van der Waals surface area contributed by atoms with E-state index < -0.39 is 15.8 Å². The minimum absolute atomic E-state index is 0.0205. The molecule has 2 rings (SSSR count). The van der Waals surface area contributed by atoms with Crippen molar-refractivity contribution in [3.8, 4) is 0 Å². The van der Waals surface area contributed by atoms with Gasteiger partial charge in [-0.3, -0.25) is 4.79 Å². The predicted octanol–water partition coefficient (Wildman–Crippen LogP) is 1.91. The van der Waals surface area contributed by atoms with Crippen molar-refractivity contribution in [2.24, 2.45) is 5.92 Å². The Hall–Kier alpha value is -2.15. The molecule has 1 amide bonds. The Kier molecular flexibility index (Phi) is 6.97. The van der Waals surface area contributed by atoms with Crippen LogP contribution in [0, 0.1) is 5.92 Å². The summed E-state index contributed by atoms with van der Waals surface area (Å²) in [6, 6.07) is 8.94. The van der Waals surface area contributed by atoms with Crippen molar-refractivity contribution >= 4 is 27.8 Å². The van der Waals surface area contributed by atoms with Crippen LogP contribution in [0.4, 0.5) is 0 Å². The topological polar surface area (TPSA) is 80.8 Å². The van der Waals surface area contributed by atoms with Crippen molar-refractivity contribution < 1.29 is 22.7 Å². The van der Waals surface area contributed by atoms with Crippen LogP contribution in [0.2, 0.25) is 0 Å². The van der Waals surface area contributed by atoms with Gasteiger partial charge in [0.1, 0.15) is 0 Å². The number of hydrogen-bond donors (Lipinski definition) is 0. The predicted molar refractivity (Wildman–Crippen MR) is 100 cm³/mol. The Morgan fingerprint density at radius 1 is 1.27 bits per heavy atom. The van der Waals surface area contributed by atoms with E-state index in [1.54, 1.807) is 11.0 Å². The van der Waals surface area contributed by atoms with Gasteiger partial charge in [0.2, 0.25) is 0 Å². The van der Waals surface area contributed by atoms with E-state index in [9.17, 15) is 18.0 Å². The number of benzene rings is 1. The Morgan fingerprint density at radius 3 is 2.54 bits per heavy atom. The number of amides is 1. The van der Waals surface area contributed by atoms with Gasteiger partial charge < -0.3 is 9.64 Å². The molecular weight excluding hydrogens is 354 g/mol. The largest absolute Gasteiger partial charge is 0.452 e. The van der Waals surface area contributed by atoms with E-state index in [4.69, 9.17) is 4.74 Å². The number of sulfone groups is 1. The minimum atomic E-state index is -3.09. The van der Waals surface area contributed by atoms with Crippen LogP contribution in [-0.4, -0.2) is 55.9 Å². The first-order chi connectivity index (χ1) is 12.3. The van der Waals surface area contributed by atoms with Gasteiger partial charge in [0.15, 0.2) is 16.4 Å². The summed E-state index contributed by atoms with van der Waals surface area (Å²) in [5, 5.41) is 0. The van der Waals surface area contributed by atoms with Crippen molar-refractivity contribution in [2.75, 3.05) is 24.7 Å². The highest BCUT2D eigenvalue weighted by Crippen LogP contribution is 2.19. The summed E-state index contributed by atoms with van der Waals surface area (Å²) in [4.78, 5) is 25.8. The third-order valence-electron chi connectivity index (χ3n) is 4.08. The van der Waals surface area contributed by atoms with Crippen LogP contribution < -0.4 is 0 Å². The Bertz CT molecular complexity index is 755. The molecule has 0 saturated carbocycles. The highest BCUT2D eigenvalue weighted by Gasteiger charge is 2.35. The number of nitrogens with zero attached hydrogens (tertiary/aromatic N) is 1. The van der Waals surface area contributed by atoms with Gasteiger partial charge in [-0.05, 0) is 24.0 Å². The van der Waals surface area contributed by atoms with Crippen molar-refractivity contribution in [3.05, 3.63) is 42.0 Å². The van der Waals surface area contributed by atoms with E-state index in [1.165, 1.54) is 6.08 Å². The van der Waals surface area contributed by atoms with Gasteiger partial charge in [-0.1, -0.05) is 44.2 Å². The Labute approximate surface area is 154 Å². The van der Waals surface area contributed by atoms with E-state index in [2.05, 4.69) is 0 Å². The molecule has 1 fully saturated rings. The molecule has 7 heteroatoms. The summed E-state index contributed by atoms with van der Waals surface area (Å²) >= 11 is 0. The fourth-order valence-corrected chi connectivity index (χ4v) is 4.59. The normalized spacial score (nSPS) is 19.0. The molecule has 1 unspecified atom stereocenters. The van der Waals surface area contributed by atoms with Gasteiger partial charge in [0.05, 0.1) is 11.5 Å². The minimum Gasteiger partial charge on any atom is -0.452 e. The van der Waals surface area contributed by atoms with E-state index in [1.807, 2.05) is 44.2 Å². The van der Waals surface area contributed by atoms with Crippen molar-refractivity contribution in [1.82, 2.24) is 4.90 Å². The maximum absolute atomic E-state index is 12.5. The summed E-state index contributed by atoms with van der Waals surface area (Å²) < 4.78 is 28.4. The molecule has 0 bridgehead atoms. The molecule has 0 aromatic heterocycles. The monoisotopic (exact) mass is 379 g/mol. The summed E-state index contributed by atoms with van der Waals surface area (Å²) in [5.41, 5.74) is 0.855. The molecule has 142 valence electrons. The standard InChI is InChI=1S/C19H25NO5S/c1-15(2)12-20(17-10-11-26(23,24)14-17)18(21)13-25-19(22)9-8-16-6-4-3-5-7-16/h3-9,15,17H,10-14H2,1-2H3/b9-8+. The zero-order valence-electron chi connectivity index (χ0n) is 15.1. The third kappa shape index (κ3) is 6.29. The van der Waals surface area contributed by atoms with Gasteiger partial charge in [0, 0.05) is 18.7 Å². The molecule has 0 aliphatic carbocycles. The molecule has 1 saturated heterocycles. The van der Waals surface area contributed by atoms with Crippen molar-refractivity contribution in [2.45, 2.75) is 26.3 Å². The molecule has 26 heavy (non-hydrogen) atoms. The van der Waals surface area contributed by atoms with Crippen LogP contribution in [-0.2, 0) is 24.2 Å². The van der Waals surface area contributed by atoms with Crippen LogP contribution >= 0.6 is 0 Å². The van der Waals surface area contributed by atoms with Crippen LogP contribution in [0.25, 0.3) is 6.08 Å². The van der Waals surface area contributed by atoms with Gasteiger partial charge in [-0.2, -0.15) is 0 Å². The molecule has 1 heterocycles. The van der Waals surface area contributed by atoms with Crippen LogP contribution in [0.3, 0.4) is 0 Å². The van der Waals surface area contributed by atoms with Gasteiger partial charge in [-0.15, -0.1) is 0 Å². The lowest BCUT2D eigenvalue weighted by atomic mass is 10.1. The zero-order chi connectivity index (χ0) is 19.2.